The summed E-state index contributed by atoms with van der Waals surface area (Å²) in [5.41, 5.74) is 3.95. The van der Waals surface area contributed by atoms with E-state index >= 15 is 0 Å². The largest absolute Gasteiger partial charge is 0.493 e. The van der Waals surface area contributed by atoms with E-state index in [0.29, 0.717) is 40.3 Å². The maximum atomic E-state index is 11.9. The van der Waals surface area contributed by atoms with Crippen LogP contribution in [0.25, 0.3) is 22.4 Å². The molecule has 4 rings (SSSR count). The number of hydrogen-bond donors (Lipinski definition) is 1. The van der Waals surface area contributed by atoms with Gasteiger partial charge in [-0.3, -0.25) is 0 Å². The number of pyridine rings is 1. The summed E-state index contributed by atoms with van der Waals surface area (Å²) in [4.78, 5) is 16.4. The van der Waals surface area contributed by atoms with Crippen molar-refractivity contribution in [1.29, 1.82) is 0 Å². The van der Waals surface area contributed by atoms with Gasteiger partial charge >= 0.3 is 5.97 Å². The quantitative estimate of drug-likeness (QED) is 0.618. The monoisotopic (exact) mass is 326 g/mol. The Morgan fingerprint density at radius 2 is 1.96 bits per heavy atom. The average Bonchev–Trinajstić information content (AvgIpc) is 3.11. The van der Waals surface area contributed by atoms with E-state index in [1.54, 1.807) is 21.1 Å². The maximum absolute atomic E-state index is 11.9. The summed E-state index contributed by atoms with van der Waals surface area (Å²) in [6.45, 7) is 1.71. The van der Waals surface area contributed by atoms with Gasteiger partial charge in [0.25, 0.3) is 5.71 Å². The predicted molar refractivity (Wildman–Crippen MR) is 84.8 cm³/mol. The van der Waals surface area contributed by atoms with Gasteiger partial charge in [-0.2, -0.15) is 0 Å². The number of aryl methyl sites for hydroxylation is 1. The lowest BCUT2D eigenvalue weighted by Crippen LogP contribution is -2.04. The van der Waals surface area contributed by atoms with Crippen LogP contribution in [0.5, 0.6) is 11.5 Å². The maximum Gasteiger partial charge on any atom is 0.336 e. The number of hydrogen-bond acceptors (Lipinski definition) is 6. The molecule has 1 N–H and O–H groups in total. The van der Waals surface area contributed by atoms with Crippen molar-refractivity contribution < 1.29 is 23.9 Å². The van der Waals surface area contributed by atoms with Crippen molar-refractivity contribution in [2.45, 2.75) is 13.3 Å². The number of rotatable bonds is 3. The van der Waals surface area contributed by atoms with Gasteiger partial charge in [-0.05, 0) is 30.2 Å². The number of ether oxygens (including phenoxy) is 2. The summed E-state index contributed by atoms with van der Waals surface area (Å²) in [5.74, 6) is 0.149. The summed E-state index contributed by atoms with van der Waals surface area (Å²) in [6, 6.07) is 3.67. The molecule has 7 heteroatoms. The first-order chi connectivity index (χ1) is 11.5. The minimum atomic E-state index is -1.02. The van der Waals surface area contributed by atoms with Crippen molar-refractivity contribution in [2.75, 3.05) is 14.2 Å². The molecular weight excluding hydrogens is 312 g/mol. The normalized spacial score (nSPS) is 12.1. The third-order valence-electron chi connectivity index (χ3n) is 4.34. The van der Waals surface area contributed by atoms with E-state index in [1.807, 2.05) is 12.1 Å². The van der Waals surface area contributed by atoms with Crippen LogP contribution < -0.4 is 9.47 Å². The van der Waals surface area contributed by atoms with E-state index in [0.717, 1.165) is 11.1 Å². The smallest absolute Gasteiger partial charge is 0.336 e. The van der Waals surface area contributed by atoms with Crippen molar-refractivity contribution in [1.82, 2.24) is 10.1 Å². The molecule has 0 saturated carbocycles. The minimum Gasteiger partial charge on any atom is -0.493 e. The standard InChI is InChI=1S/C17H14N2O5/c1-7-13-14(17(20)21)10-4-8-5-11(22-2)12(23-3)6-9(8)15(10)18-16(13)24-19-7/h5-6H,4H2,1-3H3,(H,20,21). The highest BCUT2D eigenvalue weighted by Gasteiger charge is 2.31. The molecular formula is C17H14N2O5. The van der Waals surface area contributed by atoms with E-state index in [1.165, 1.54) is 0 Å². The lowest BCUT2D eigenvalue weighted by molar-refractivity contribution is 0.0698. The number of fused-ring (bicyclic) bond motifs is 4. The molecule has 0 amide bonds. The Kier molecular flexibility index (Phi) is 2.99. The Balaban J connectivity index is 2.06. The fraction of sp³-hybridized carbons (Fsp3) is 0.235. The molecule has 3 aromatic rings. The van der Waals surface area contributed by atoms with Crippen LogP contribution in [0, 0.1) is 6.92 Å². The van der Waals surface area contributed by atoms with Crippen LogP contribution >= 0.6 is 0 Å². The van der Waals surface area contributed by atoms with E-state index in [2.05, 4.69) is 10.1 Å². The van der Waals surface area contributed by atoms with Crippen molar-refractivity contribution in [3.05, 3.63) is 34.5 Å². The molecule has 0 saturated heterocycles. The zero-order chi connectivity index (χ0) is 17.0. The molecule has 0 spiro atoms. The molecule has 0 unspecified atom stereocenters. The molecule has 0 bridgehead atoms. The van der Waals surface area contributed by atoms with Crippen LogP contribution in [-0.4, -0.2) is 35.4 Å². The van der Waals surface area contributed by atoms with Gasteiger partial charge in [0.05, 0.1) is 36.6 Å². The molecule has 0 fully saturated rings. The van der Waals surface area contributed by atoms with Crippen molar-refractivity contribution in [3.63, 3.8) is 0 Å². The topological polar surface area (TPSA) is 94.7 Å². The molecule has 2 heterocycles. The highest BCUT2D eigenvalue weighted by Crippen LogP contribution is 2.44. The molecule has 1 aliphatic rings. The number of aromatic nitrogens is 2. The van der Waals surface area contributed by atoms with Gasteiger partial charge in [0, 0.05) is 12.0 Å². The van der Waals surface area contributed by atoms with Gasteiger partial charge in [-0.1, -0.05) is 5.16 Å². The average molecular weight is 326 g/mol. The zero-order valence-electron chi connectivity index (χ0n) is 13.3. The summed E-state index contributed by atoms with van der Waals surface area (Å²) in [5, 5.41) is 14.0. The Morgan fingerprint density at radius 3 is 2.62 bits per heavy atom. The fourth-order valence-corrected chi connectivity index (χ4v) is 3.27. The first kappa shape index (κ1) is 14.5. The van der Waals surface area contributed by atoms with Crippen molar-refractivity contribution in [2.24, 2.45) is 0 Å². The zero-order valence-corrected chi connectivity index (χ0v) is 13.3. The van der Waals surface area contributed by atoms with E-state index in [9.17, 15) is 9.90 Å². The lowest BCUT2D eigenvalue weighted by Gasteiger charge is -2.10. The third kappa shape index (κ3) is 1.81. The Labute approximate surface area is 136 Å². The van der Waals surface area contributed by atoms with Crippen LogP contribution in [-0.2, 0) is 6.42 Å². The number of carboxylic acid groups (broad SMARTS) is 1. The molecule has 122 valence electrons. The first-order valence-corrected chi connectivity index (χ1v) is 7.32. The van der Waals surface area contributed by atoms with Crippen molar-refractivity contribution >= 4 is 17.1 Å². The summed E-state index contributed by atoms with van der Waals surface area (Å²) >= 11 is 0. The summed E-state index contributed by atoms with van der Waals surface area (Å²) < 4.78 is 15.9. The summed E-state index contributed by atoms with van der Waals surface area (Å²) in [7, 11) is 3.12. The fourth-order valence-electron chi connectivity index (χ4n) is 3.27. The van der Waals surface area contributed by atoms with Crippen molar-refractivity contribution in [3.8, 4) is 22.8 Å². The van der Waals surface area contributed by atoms with Crippen LogP contribution in [0.3, 0.4) is 0 Å². The Bertz CT molecular complexity index is 1010. The second-order valence-corrected chi connectivity index (χ2v) is 5.61. The number of carboxylic acids is 1. The SMILES string of the molecule is COc1cc2c(cc1OC)-c1nc3onc(C)c3c(C(=O)O)c1C2. The number of nitrogens with zero attached hydrogens (tertiary/aromatic N) is 2. The molecule has 24 heavy (non-hydrogen) atoms. The molecule has 0 radical (unpaired) electrons. The molecule has 2 aromatic heterocycles. The number of benzene rings is 1. The molecule has 1 aromatic carbocycles. The molecule has 0 aliphatic heterocycles. The van der Waals surface area contributed by atoms with Gasteiger partial charge in [-0.15, -0.1) is 0 Å². The van der Waals surface area contributed by atoms with E-state index in [4.69, 9.17) is 14.0 Å². The first-order valence-electron chi connectivity index (χ1n) is 7.32. The van der Waals surface area contributed by atoms with Crippen LogP contribution in [0.1, 0.15) is 27.2 Å². The van der Waals surface area contributed by atoms with Gasteiger partial charge < -0.3 is 19.1 Å². The van der Waals surface area contributed by atoms with Gasteiger partial charge in [0.2, 0.25) is 0 Å². The number of methoxy groups -OCH3 is 2. The molecule has 1 aliphatic carbocycles. The predicted octanol–water partition coefficient (Wildman–Crippen LogP) is 2.82. The highest BCUT2D eigenvalue weighted by atomic mass is 16.5. The van der Waals surface area contributed by atoms with E-state index in [-0.39, 0.29) is 11.3 Å². The highest BCUT2D eigenvalue weighted by molar-refractivity contribution is 6.06. The lowest BCUT2D eigenvalue weighted by atomic mass is 10.0. The third-order valence-corrected chi connectivity index (χ3v) is 4.34. The Hall–Kier alpha value is -3.09. The van der Waals surface area contributed by atoms with Crippen LogP contribution in [0.4, 0.5) is 0 Å². The second-order valence-electron chi connectivity index (χ2n) is 5.61. The van der Waals surface area contributed by atoms with Gasteiger partial charge in [0.15, 0.2) is 11.5 Å². The number of aromatic carboxylic acids is 1. The Morgan fingerprint density at radius 1 is 1.25 bits per heavy atom. The van der Waals surface area contributed by atoms with Crippen LogP contribution in [0.2, 0.25) is 0 Å². The van der Waals surface area contributed by atoms with Crippen LogP contribution in [0.15, 0.2) is 16.7 Å². The second kappa shape index (κ2) is 4.95. The number of carbonyl (C=O) groups is 1. The van der Waals surface area contributed by atoms with E-state index < -0.39 is 5.97 Å². The molecule has 7 nitrogen and oxygen atoms in total. The molecule has 0 atom stereocenters. The summed E-state index contributed by atoms with van der Waals surface area (Å²) in [6.07, 6.45) is 0.459. The minimum absolute atomic E-state index is 0.197. The van der Waals surface area contributed by atoms with Gasteiger partial charge in [0.1, 0.15) is 0 Å². The van der Waals surface area contributed by atoms with Gasteiger partial charge in [-0.25, -0.2) is 9.78 Å².